The smallest absolute Gasteiger partial charge is 0.334 e. The van der Waals surface area contributed by atoms with Gasteiger partial charge in [-0.1, -0.05) is 0 Å². The van der Waals surface area contributed by atoms with E-state index < -0.39 is 17.0 Å². The van der Waals surface area contributed by atoms with Gasteiger partial charge in [0.1, 0.15) is 0 Å². The van der Waals surface area contributed by atoms with Crippen molar-refractivity contribution in [2.75, 3.05) is 11.5 Å². The summed E-state index contributed by atoms with van der Waals surface area (Å²) in [7, 11) is 0. The molecular formula is C10H10N6O3. The summed E-state index contributed by atoms with van der Waals surface area (Å²) in [6, 6.07) is 1.12. The zero-order valence-electron chi connectivity index (χ0n) is 9.88. The number of nitrogens with zero attached hydrogens (tertiary/aromatic N) is 3. The predicted molar refractivity (Wildman–Crippen MR) is 67.1 cm³/mol. The first kappa shape index (κ1) is 12.5. The molecule has 0 aliphatic rings. The number of nitrogens with one attached hydrogen (secondary N) is 1. The van der Waals surface area contributed by atoms with Crippen LogP contribution in [0.1, 0.15) is 17.4 Å². The molecule has 0 saturated heterocycles. The van der Waals surface area contributed by atoms with Gasteiger partial charge < -0.3 is 16.5 Å². The van der Waals surface area contributed by atoms with Crippen LogP contribution in [0.3, 0.4) is 0 Å². The van der Waals surface area contributed by atoms with Crippen LogP contribution in [0.2, 0.25) is 0 Å². The Balaban J connectivity index is 2.78. The molecule has 98 valence electrons. The number of ketones is 1. The van der Waals surface area contributed by atoms with E-state index in [4.69, 9.17) is 11.5 Å². The Labute approximate surface area is 105 Å². The molecule has 0 aliphatic heterocycles. The zero-order valence-corrected chi connectivity index (χ0v) is 9.88. The molecule has 0 fully saturated rings. The number of H-pyrrole nitrogens is 1. The van der Waals surface area contributed by atoms with E-state index in [1.165, 1.54) is 13.1 Å². The fourth-order valence-corrected chi connectivity index (χ4v) is 1.50. The monoisotopic (exact) mass is 262 g/mol. The Hall–Kier alpha value is -2.97. The summed E-state index contributed by atoms with van der Waals surface area (Å²) in [5.74, 6) is -1.07. The summed E-state index contributed by atoms with van der Waals surface area (Å²) in [4.78, 5) is 44.3. The summed E-state index contributed by atoms with van der Waals surface area (Å²) in [6.07, 6.45) is 1.19. The number of hydrogen-bond acceptors (Lipinski definition) is 7. The largest absolute Gasteiger partial charge is 0.382 e. The molecule has 0 amide bonds. The topological polar surface area (TPSA) is 150 Å². The van der Waals surface area contributed by atoms with Crippen molar-refractivity contribution >= 4 is 17.4 Å². The van der Waals surface area contributed by atoms with Gasteiger partial charge in [0.05, 0.1) is 0 Å². The third-order valence-electron chi connectivity index (χ3n) is 2.33. The highest BCUT2D eigenvalue weighted by atomic mass is 16.2. The maximum atomic E-state index is 11.6. The minimum Gasteiger partial charge on any atom is -0.382 e. The maximum absolute atomic E-state index is 11.6. The van der Waals surface area contributed by atoms with Gasteiger partial charge in [0.15, 0.2) is 28.9 Å². The molecule has 0 unspecified atom stereocenters. The lowest BCUT2D eigenvalue weighted by molar-refractivity contribution is 0.101. The van der Waals surface area contributed by atoms with Gasteiger partial charge in [-0.3, -0.25) is 9.59 Å². The van der Waals surface area contributed by atoms with Crippen molar-refractivity contribution in [3.8, 4) is 5.82 Å². The number of nitrogen functional groups attached to an aromatic ring is 2. The van der Waals surface area contributed by atoms with Crippen LogP contribution in [-0.2, 0) is 0 Å². The second-order valence-corrected chi connectivity index (χ2v) is 3.68. The lowest BCUT2D eigenvalue weighted by Gasteiger charge is -2.08. The fourth-order valence-electron chi connectivity index (χ4n) is 1.50. The van der Waals surface area contributed by atoms with E-state index in [1.54, 1.807) is 0 Å². The van der Waals surface area contributed by atoms with Crippen LogP contribution in [0, 0.1) is 0 Å². The van der Waals surface area contributed by atoms with Crippen molar-refractivity contribution in [1.82, 2.24) is 19.5 Å². The highest BCUT2D eigenvalue weighted by Crippen LogP contribution is 2.14. The lowest BCUT2D eigenvalue weighted by atomic mass is 10.3. The average molecular weight is 262 g/mol. The van der Waals surface area contributed by atoms with E-state index in [0.717, 1.165) is 6.07 Å². The second-order valence-electron chi connectivity index (χ2n) is 3.68. The van der Waals surface area contributed by atoms with Gasteiger partial charge in [-0.2, -0.15) is 0 Å². The van der Waals surface area contributed by atoms with Gasteiger partial charge in [0.25, 0.3) is 5.56 Å². The lowest BCUT2D eigenvalue weighted by Crippen LogP contribution is -2.34. The first-order chi connectivity index (χ1) is 8.91. The van der Waals surface area contributed by atoms with Crippen LogP contribution in [-0.4, -0.2) is 25.3 Å². The van der Waals surface area contributed by atoms with E-state index in [9.17, 15) is 14.4 Å². The van der Waals surface area contributed by atoms with E-state index in [0.29, 0.717) is 4.57 Å². The first-order valence-electron chi connectivity index (χ1n) is 5.17. The number of carbonyl (C=O) groups is 1. The number of aromatic nitrogens is 4. The van der Waals surface area contributed by atoms with Crippen LogP contribution in [0.25, 0.3) is 5.82 Å². The minimum absolute atomic E-state index is 0.110. The standard InChI is InChI=1S/C10H10N6O3/c1-4(17)6-7(11)15-9(8(12)14-6)16-5(18)2-3-13-10(16)19/h2-3H,1H3,(H2,11,15)(H2,12,14)(H,13,19). The Morgan fingerprint density at radius 2 is 1.95 bits per heavy atom. The van der Waals surface area contributed by atoms with Gasteiger partial charge >= 0.3 is 5.69 Å². The van der Waals surface area contributed by atoms with E-state index in [-0.39, 0.29) is 23.1 Å². The third kappa shape index (κ3) is 2.08. The van der Waals surface area contributed by atoms with Crippen molar-refractivity contribution < 1.29 is 4.79 Å². The van der Waals surface area contributed by atoms with Crippen LogP contribution in [0.15, 0.2) is 21.9 Å². The Morgan fingerprint density at radius 1 is 1.26 bits per heavy atom. The highest BCUT2D eigenvalue weighted by Gasteiger charge is 2.16. The molecule has 0 atom stereocenters. The number of Topliss-reactive ketones (excluding diaryl/α,β-unsaturated/α-hetero) is 1. The fraction of sp³-hybridized carbons (Fsp3) is 0.100. The van der Waals surface area contributed by atoms with Crippen molar-refractivity contribution in [2.45, 2.75) is 6.92 Å². The zero-order chi connectivity index (χ0) is 14.2. The summed E-state index contributed by atoms with van der Waals surface area (Å²) < 4.78 is 0.683. The predicted octanol–water partition coefficient (Wildman–Crippen LogP) is -1.32. The molecule has 2 aromatic rings. The summed E-state index contributed by atoms with van der Waals surface area (Å²) >= 11 is 0. The van der Waals surface area contributed by atoms with Gasteiger partial charge in [-0.05, 0) is 0 Å². The molecule has 0 radical (unpaired) electrons. The van der Waals surface area contributed by atoms with E-state index >= 15 is 0 Å². The molecule has 9 nitrogen and oxygen atoms in total. The second kappa shape index (κ2) is 4.37. The van der Waals surface area contributed by atoms with Crippen molar-refractivity contribution in [3.05, 3.63) is 38.8 Å². The molecule has 9 heteroatoms. The molecule has 5 N–H and O–H groups in total. The number of aromatic amines is 1. The normalized spacial score (nSPS) is 10.4. The van der Waals surface area contributed by atoms with Gasteiger partial charge in [0.2, 0.25) is 0 Å². The van der Waals surface area contributed by atoms with Crippen molar-refractivity contribution in [1.29, 1.82) is 0 Å². The number of nitrogens with two attached hydrogens (primary N) is 2. The number of carbonyl (C=O) groups excluding carboxylic acids is 1. The van der Waals surface area contributed by atoms with E-state index in [1.807, 2.05) is 0 Å². The van der Waals surface area contributed by atoms with Crippen molar-refractivity contribution in [3.63, 3.8) is 0 Å². The SMILES string of the molecule is CC(=O)c1nc(N)c(-n2c(=O)cc[nH]c2=O)nc1N. The van der Waals surface area contributed by atoms with Crippen LogP contribution < -0.4 is 22.7 Å². The molecule has 2 heterocycles. The molecular weight excluding hydrogens is 252 g/mol. The van der Waals surface area contributed by atoms with Crippen LogP contribution in [0.5, 0.6) is 0 Å². The number of rotatable bonds is 2. The Kier molecular flexibility index (Phi) is 2.87. The molecule has 19 heavy (non-hydrogen) atoms. The third-order valence-corrected chi connectivity index (χ3v) is 2.33. The molecule has 2 aromatic heterocycles. The van der Waals surface area contributed by atoms with E-state index in [2.05, 4.69) is 15.0 Å². The Bertz CT molecular complexity index is 747. The molecule has 0 bridgehead atoms. The van der Waals surface area contributed by atoms with Crippen molar-refractivity contribution in [2.24, 2.45) is 0 Å². The quantitative estimate of drug-likeness (QED) is 0.568. The first-order valence-corrected chi connectivity index (χ1v) is 5.17. The number of hydrogen-bond donors (Lipinski definition) is 3. The van der Waals surface area contributed by atoms with Gasteiger partial charge in [-0.25, -0.2) is 19.3 Å². The molecule has 0 spiro atoms. The molecule has 2 rings (SSSR count). The molecule has 0 aromatic carbocycles. The van der Waals surface area contributed by atoms with Gasteiger partial charge in [0, 0.05) is 19.2 Å². The average Bonchev–Trinajstić information content (AvgIpc) is 2.32. The summed E-state index contributed by atoms with van der Waals surface area (Å²) in [5, 5.41) is 0. The molecule has 0 saturated carbocycles. The van der Waals surface area contributed by atoms with Gasteiger partial charge in [-0.15, -0.1) is 0 Å². The minimum atomic E-state index is -0.733. The number of anilines is 2. The van der Waals surface area contributed by atoms with Crippen LogP contribution >= 0.6 is 0 Å². The summed E-state index contributed by atoms with van der Waals surface area (Å²) in [6.45, 7) is 1.25. The maximum Gasteiger partial charge on any atom is 0.334 e. The highest BCUT2D eigenvalue weighted by molar-refractivity contribution is 5.96. The summed E-state index contributed by atoms with van der Waals surface area (Å²) in [5.41, 5.74) is 9.67. The Morgan fingerprint density at radius 3 is 2.53 bits per heavy atom. The van der Waals surface area contributed by atoms with Crippen LogP contribution in [0.4, 0.5) is 11.6 Å². The molecule has 0 aliphatic carbocycles.